The fraction of sp³-hybridized carbons (Fsp3) is 0.250. The molecule has 0 bridgehead atoms. The number of aryl methyl sites for hydroxylation is 2. The van der Waals surface area contributed by atoms with E-state index in [4.69, 9.17) is 16.3 Å². The third-order valence-corrected chi connectivity index (χ3v) is 4.51. The van der Waals surface area contributed by atoms with Gasteiger partial charge in [-0.05, 0) is 37.1 Å². The number of nitro benzene ring substituents is 1. The van der Waals surface area contributed by atoms with Gasteiger partial charge in [-0.15, -0.1) is 0 Å². The predicted octanol–water partition coefficient (Wildman–Crippen LogP) is 4.01. The van der Waals surface area contributed by atoms with Crippen LogP contribution < -0.4 is 5.32 Å². The molecule has 152 valence electrons. The Kier molecular flexibility index (Phi) is 7.44. The molecule has 0 fully saturated rings. The molecule has 29 heavy (non-hydrogen) atoms. The molecule has 0 unspecified atom stereocenters. The van der Waals surface area contributed by atoms with Crippen molar-refractivity contribution < 1.29 is 24.0 Å². The fourth-order valence-electron chi connectivity index (χ4n) is 2.40. The highest BCUT2D eigenvalue weighted by Crippen LogP contribution is 2.26. The number of halogens is 1. The van der Waals surface area contributed by atoms with Crippen LogP contribution in [0.15, 0.2) is 36.4 Å². The molecule has 0 atom stereocenters. The van der Waals surface area contributed by atoms with Crippen LogP contribution in [0.1, 0.15) is 34.3 Å². The summed E-state index contributed by atoms with van der Waals surface area (Å²) in [5, 5.41) is 13.2. The number of carbonyl (C=O) groups is 3. The van der Waals surface area contributed by atoms with Crippen LogP contribution in [0.5, 0.6) is 0 Å². The first-order valence-corrected chi connectivity index (χ1v) is 9.05. The van der Waals surface area contributed by atoms with E-state index in [-0.39, 0.29) is 35.0 Å². The van der Waals surface area contributed by atoms with Gasteiger partial charge in [0.15, 0.2) is 12.4 Å². The number of carbonyl (C=O) groups excluding carboxylic acids is 3. The number of nitrogens with zero attached hydrogens (tertiary/aromatic N) is 1. The van der Waals surface area contributed by atoms with E-state index < -0.39 is 23.4 Å². The molecular formula is C20H19ClN2O6. The summed E-state index contributed by atoms with van der Waals surface area (Å²) >= 11 is 5.89. The van der Waals surface area contributed by atoms with Crippen LogP contribution in [0.2, 0.25) is 5.02 Å². The van der Waals surface area contributed by atoms with Crippen molar-refractivity contribution >= 4 is 40.6 Å². The number of anilines is 1. The second-order valence-corrected chi connectivity index (χ2v) is 6.76. The van der Waals surface area contributed by atoms with Crippen LogP contribution in [0.4, 0.5) is 11.4 Å². The van der Waals surface area contributed by atoms with E-state index in [2.05, 4.69) is 5.32 Å². The number of esters is 1. The molecular weight excluding hydrogens is 400 g/mol. The van der Waals surface area contributed by atoms with Gasteiger partial charge in [-0.1, -0.05) is 23.7 Å². The van der Waals surface area contributed by atoms with Gasteiger partial charge in [0.25, 0.3) is 11.6 Å². The van der Waals surface area contributed by atoms with Gasteiger partial charge in [-0.25, -0.2) is 0 Å². The topological polar surface area (TPSA) is 116 Å². The number of amides is 1. The molecule has 0 aromatic heterocycles. The van der Waals surface area contributed by atoms with Crippen molar-refractivity contribution in [1.82, 2.24) is 0 Å². The number of hydrogen-bond donors (Lipinski definition) is 1. The molecule has 2 aromatic carbocycles. The van der Waals surface area contributed by atoms with Gasteiger partial charge in [-0.2, -0.15) is 0 Å². The lowest BCUT2D eigenvalue weighted by Crippen LogP contribution is -2.21. The largest absolute Gasteiger partial charge is 0.456 e. The van der Waals surface area contributed by atoms with E-state index in [0.717, 1.165) is 17.2 Å². The number of ketones is 1. The Morgan fingerprint density at radius 3 is 2.45 bits per heavy atom. The average Bonchev–Trinajstić information content (AvgIpc) is 2.68. The Bertz CT molecular complexity index is 973. The Morgan fingerprint density at radius 2 is 1.79 bits per heavy atom. The maximum absolute atomic E-state index is 12.2. The van der Waals surface area contributed by atoms with Crippen LogP contribution >= 0.6 is 11.6 Å². The zero-order valence-corrected chi connectivity index (χ0v) is 16.6. The van der Waals surface area contributed by atoms with E-state index in [1.54, 1.807) is 12.1 Å². The molecule has 0 aliphatic carbocycles. The summed E-state index contributed by atoms with van der Waals surface area (Å²) < 4.78 is 4.84. The predicted molar refractivity (Wildman–Crippen MR) is 107 cm³/mol. The third kappa shape index (κ3) is 6.39. The summed E-state index contributed by atoms with van der Waals surface area (Å²) in [6.07, 6.45) is -0.212. The third-order valence-electron chi connectivity index (χ3n) is 4.18. The molecule has 1 amide bonds. The van der Waals surface area contributed by atoms with Gasteiger partial charge < -0.3 is 10.1 Å². The van der Waals surface area contributed by atoms with Gasteiger partial charge in [0.2, 0.25) is 0 Å². The van der Waals surface area contributed by atoms with E-state index >= 15 is 0 Å². The van der Waals surface area contributed by atoms with Crippen molar-refractivity contribution in [1.29, 1.82) is 0 Å². The van der Waals surface area contributed by atoms with Crippen molar-refractivity contribution in [2.75, 3.05) is 11.9 Å². The Hall–Kier alpha value is -3.26. The van der Waals surface area contributed by atoms with Crippen molar-refractivity contribution in [2.45, 2.75) is 26.7 Å². The van der Waals surface area contributed by atoms with Gasteiger partial charge in [0.05, 0.1) is 22.1 Å². The Balaban J connectivity index is 1.82. The average molecular weight is 419 g/mol. The van der Waals surface area contributed by atoms with Crippen LogP contribution in [0.25, 0.3) is 0 Å². The van der Waals surface area contributed by atoms with E-state index in [0.29, 0.717) is 5.56 Å². The molecule has 0 aliphatic heterocycles. The van der Waals surface area contributed by atoms with Gasteiger partial charge in [0.1, 0.15) is 0 Å². The van der Waals surface area contributed by atoms with Crippen LogP contribution in [-0.4, -0.2) is 29.2 Å². The van der Waals surface area contributed by atoms with Crippen LogP contribution in [0.3, 0.4) is 0 Å². The molecule has 0 radical (unpaired) electrons. The summed E-state index contributed by atoms with van der Waals surface area (Å²) in [5.74, 6) is -1.61. The minimum absolute atomic E-state index is 0.0341. The van der Waals surface area contributed by atoms with Crippen molar-refractivity contribution in [3.63, 3.8) is 0 Å². The summed E-state index contributed by atoms with van der Waals surface area (Å²) in [7, 11) is 0. The van der Waals surface area contributed by atoms with Gasteiger partial charge >= 0.3 is 5.97 Å². The number of non-ortho nitro benzene ring substituents is 1. The zero-order chi connectivity index (χ0) is 21.6. The first-order valence-electron chi connectivity index (χ1n) is 8.67. The maximum atomic E-state index is 12.2. The molecule has 2 aromatic rings. The second kappa shape index (κ2) is 9.79. The number of rotatable bonds is 8. The summed E-state index contributed by atoms with van der Waals surface area (Å²) in [5.41, 5.74) is 2.35. The Morgan fingerprint density at radius 1 is 1.07 bits per heavy atom. The lowest BCUT2D eigenvalue weighted by atomic mass is 10.0. The van der Waals surface area contributed by atoms with Crippen molar-refractivity contribution in [3.05, 3.63) is 68.2 Å². The number of hydrogen-bond acceptors (Lipinski definition) is 6. The Labute approximate surface area is 172 Å². The minimum Gasteiger partial charge on any atom is -0.456 e. The highest BCUT2D eigenvalue weighted by atomic mass is 35.5. The van der Waals surface area contributed by atoms with Gasteiger partial charge in [-0.3, -0.25) is 24.5 Å². The number of nitrogens with one attached hydrogen (secondary N) is 1. The van der Waals surface area contributed by atoms with E-state index in [9.17, 15) is 24.5 Å². The highest BCUT2D eigenvalue weighted by molar-refractivity contribution is 6.33. The maximum Gasteiger partial charge on any atom is 0.306 e. The number of Topliss-reactive ketones (excluding diaryl/α,β-unsaturated/α-hetero) is 1. The first kappa shape index (κ1) is 22.0. The van der Waals surface area contributed by atoms with E-state index in [1.165, 1.54) is 12.1 Å². The lowest BCUT2D eigenvalue weighted by Gasteiger charge is -2.08. The standard InChI is InChI=1S/C20H19ClN2O6/c1-12-3-4-14(9-13(12)2)18(24)7-8-20(26)29-11-19(25)22-17-10-15(23(27)28)5-6-16(17)21/h3-6,9-10H,7-8,11H2,1-2H3,(H,22,25). The normalized spacial score (nSPS) is 10.3. The molecule has 9 heteroatoms. The van der Waals surface area contributed by atoms with Gasteiger partial charge in [0, 0.05) is 24.1 Å². The van der Waals surface area contributed by atoms with Crippen LogP contribution in [0, 0.1) is 24.0 Å². The lowest BCUT2D eigenvalue weighted by molar-refractivity contribution is -0.384. The zero-order valence-electron chi connectivity index (χ0n) is 15.9. The summed E-state index contributed by atoms with van der Waals surface area (Å²) in [6, 6.07) is 8.88. The molecule has 0 saturated carbocycles. The monoisotopic (exact) mass is 418 g/mol. The molecule has 0 aliphatic rings. The smallest absolute Gasteiger partial charge is 0.306 e. The fourth-order valence-corrected chi connectivity index (χ4v) is 2.57. The van der Waals surface area contributed by atoms with Crippen molar-refractivity contribution in [2.24, 2.45) is 0 Å². The molecule has 0 spiro atoms. The number of nitro groups is 1. The van der Waals surface area contributed by atoms with E-state index in [1.807, 2.05) is 19.9 Å². The molecule has 2 rings (SSSR count). The van der Waals surface area contributed by atoms with Crippen LogP contribution in [-0.2, 0) is 14.3 Å². The summed E-state index contributed by atoms with van der Waals surface area (Å²) in [4.78, 5) is 46.0. The second-order valence-electron chi connectivity index (χ2n) is 6.35. The molecule has 0 saturated heterocycles. The van der Waals surface area contributed by atoms with Crippen molar-refractivity contribution in [3.8, 4) is 0 Å². The molecule has 8 nitrogen and oxygen atoms in total. The molecule has 0 heterocycles. The number of ether oxygens (including phenoxy) is 1. The SMILES string of the molecule is Cc1ccc(C(=O)CCC(=O)OCC(=O)Nc2cc([N+](=O)[O-])ccc2Cl)cc1C. The quantitative estimate of drug-likeness (QED) is 0.299. The minimum atomic E-state index is -0.707. The molecule has 1 N–H and O–H groups in total. The summed E-state index contributed by atoms with van der Waals surface area (Å²) in [6.45, 7) is 3.23. The first-order chi connectivity index (χ1) is 13.7. The highest BCUT2D eigenvalue weighted by Gasteiger charge is 2.15. The number of benzene rings is 2.